The van der Waals surface area contributed by atoms with E-state index in [1.807, 2.05) is 0 Å². The highest BCUT2D eigenvalue weighted by Gasteiger charge is 2.32. The summed E-state index contributed by atoms with van der Waals surface area (Å²) in [6.45, 7) is 0. The molecule has 1 heterocycles. The highest BCUT2D eigenvalue weighted by Crippen LogP contribution is 2.43. The number of fused-ring (bicyclic) bond motifs is 1. The third kappa shape index (κ3) is 1.18. The summed E-state index contributed by atoms with van der Waals surface area (Å²) in [5.41, 5.74) is 9.44. The molecule has 0 spiro atoms. The third-order valence-electron chi connectivity index (χ3n) is 3.57. The van der Waals surface area contributed by atoms with Crippen molar-refractivity contribution in [1.29, 1.82) is 5.26 Å². The molecule has 0 saturated heterocycles. The lowest BCUT2D eigenvalue weighted by atomic mass is 9.95. The second-order valence-electron chi connectivity index (χ2n) is 4.61. The lowest BCUT2D eigenvalue weighted by Gasteiger charge is -2.15. The van der Waals surface area contributed by atoms with Crippen LogP contribution in [0.2, 0.25) is 0 Å². The summed E-state index contributed by atoms with van der Waals surface area (Å²) >= 11 is 0. The highest BCUT2D eigenvalue weighted by atomic mass is 15.1. The standard InChI is InChI=1S/C12H15N3/c13-7-10-9-3-1-2-4-11(9)15(12(10)14)8-5-6-8/h8H,1-6,14H2. The molecule has 2 aliphatic carbocycles. The van der Waals surface area contributed by atoms with Gasteiger partial charge in [-0.25, -0.2) is 0 Å². The highest BCUT2D eigenvalue weighted by molar-refractivity contribution is 5.59. The minimum Gasteiger partial charge on any atom is -0.384 e. The second kappa shape index (κ2) is 3.03. The average Bonchev–Trinajstić information content (AvgIpc) is 3.02. The van der Waals surface area contributed by atoms with Crippen LogP contribution in [0.1, 0.15) is 48.5 Å². The molecule has 15 heavy (non-hydrogen) atoms. The fourth-order valence-electron chi connectivity index (χ4n) is 2.72. The first-order valence-corrected chi connectivity index (χ1v) is 5.74. The summed E-state index contributed by atoms with van der Waals surface area (Å²) < 4.78 is 2.24. The van der Waals surface area contributed by atoms with Crippen LogP contribution in [-0.2, 0) is 12.8 Å². The maximum Gasteiger partial charge on any atom is 0.122 e. The van der Waals surface area contributed by atoms with E-state index in [-0.39, 0.29) is 0 Å². The molecule has 78 valence electrons. The maximum atomic E-state index is 9.15. The first-order chi connectivity index (χ1) is 7.33. The quantitative estimate of drug-likeness (QED) is 0.757. The molecule has 0 aromatic carbocycles. The molecule has 1 aromatic heterocycles. The first kappa shape index (κ1) is 8.84. The minimum absolute atomic E-state index is 0.596. The number of hydrogen-bond acceptors (Lipinski definition) is 2. The molecule has 0 bridgehead atoms. The number of nitriles is 1. The van der Waals surface area contributed by atoms with Crippen LogP contribution in [0.3, 0.4) is 0 Å². The van der Waals surface area contributed by atoms with Gasteiger partial charge in [-0.3, -0.25) is 0 Å². The van der Waals surface area contributed by atoms with Gasteiger partial charge in [0.25, 0.3) is 0 Å². The first-order valence-electron chi connectivity index (χ1n) is 5.74. The van der Waals surface area contributed by atoms with Crippen molar-refractivity contribution < 1.29 is 0 Å². The molecule has 2 aliphatic rings. The Morgan fingerprint density at radius 1 is 1.27 bits per heavy atom. The summed E-state index contributed by atoms with van der Waals surface area (Å²) in [7, 11) is 0. The zero-order valence-corrected chi connectivity index (χ0v) is 8.79. The number of nitrogen functional groups attached to an aromatic ring is 1. The summed E-state index contributed by atoms with van der Waals surface area (Å²) in [6, 6.07) is 2.88. The molecule has 3 nitrogen and oxygen atoms in total. The van der Waals surface area contributed by atoms with Gasteiger partial charge in [0.2, 0.25) is 0 Å². The van der Waals surface area contributed by atoms with Gasteiger partial charge in [0.05, 0.1) is 5.56 Å². The molecule has 0 unspecified atom stereocenters. The topological polar surface area (TPSA) is 54.7 Å². The third-order valence-corrected chi connectivity index (χ3v) is 3.57. The van der Waals surface area contributed by atoms with Crippen molar-refractivity contribution in [3.05, 3.63) is 16.8 Å². The molecule has 1 aromatic rings. The molecule has 3 heteroatoms. The molecular formula is C12H15N3. The number of anilines is 1. The lowest BCUT2D eigenvalue weighted by Crippen LogP contribution is -2.08. The van der Waals surface area contributed by atoms with Crippen LogP contribution in [0.4, 0.5) is 5.82 Å². The van der Waals surface area contributed by atoms with E-state index in [4.69, 9.17) is 11.0 Å². The molecule has 1 saturated carbocycles. The van der Waals surface area contributed by atoms with Crippen molar-refractivity contribution in [2.45, 2.75) is 44.6 Å². The monoisotopic (exact) mass is 201 g/mol. The number of hydrogen-bond donors (Lipinski definition) is 1. The summed E-state index contributed by atoms with van der Waals surface area (Å²) in [5, 5.41) is 9.15. The van der Waals surface area contributed by atoms with E-state index in [2.05, 4.69) is 10.6 Å². The second-order valence-corrected chi connectivity index (χ2v) is 4.61. The number of aromatic nitrogens is 1. The van der Waals surface area contributed by atoms with Crippen LogP contribution < -0.4 is 5.73 Å². The van der Waals surface area contributed by atoms with E-state index in [1.165, 1.54) is 36.9 Å². The van der Waals surface area contributed by atoms with E-state index in [0.717, 1.165) is 24.2 Å². The maximum absolute atomic E-state index is 9.15. The van der Waals surface area contributed by atoms with Crippen molar-refractivity contribution >= 4 is 5.82 Å². The van der Waals surface area contributed by atoms with Gasteiger partial charge in [0.1, 0.15) is 11.9 Å². The van der Waals surface area contributed by atoms with Gasteiger partial charge in [-0.15, -0.1) is 0 Å². The van der Waals surface area contributed by atoms with Gasteiger partial charge in [0.15, 0.2) is 0 Å². The van der Waals surface area contributed by atoms with Gasteiger partial charge >= 0.3 is 0 Å². The molecular weight excluding hydrogens is 186 g/mol. The van der Waals surface area contributed by atoms with Crippen LogP contribution in [0.5, 0.6) is 0 Å². The molecule has 0 atom stereocenters. The Kier molecular flexibility index (Phi) is 1.79. The largest absolute Gasteiger partial charge is 0.384 e. The SMILES string of the molecule is N#Cc1c2c(n(C3CC3)c1N)CCCC2. The van der Waals surface area contributed by atoms with E-state index >= 15 is 0 Å². The Labute approximate surface area is 89.5 Å². The Hall–Kier alpha value is -1.43. The fourth-order valence-corrected chi connectivity index (χ4v) is 2.72. The van der Waals surface area contributed by atoms with Crippen molar-refractivity contribution in [1.82, 2.24) is 4.57 Å². The van der Waals surface area contributed by atoms with Crippen LogP contribution >= 0.6 is 0 Å². The number of rotatable bonds is 1. The van der Waals surface area contributed by atoms with E-state index in [9.17, 15) is 0 Å². The summed E-state index contributed by atoms with van der Waals surface area (Å²) in [5.74, 6) is 0.729. The van der Waals surface area contributed by atoms with Crippen molar-refractivity contribution in [2.24, 2.45) is 0 Å². The zero-order valence-electron chi connectivity index (χ0n) is 8.79. The van der Waals surface area contributed by atoms with E-state index < -0.39 is 0 Å². The molecule has 3 rings (SSSR count). The Bertz CT molecular complexity index is 446. The van der Waals surface area contributed by atoms with Crippen LogP contribution in [-0.4, -0.2) is 4.57 Å². The lowest BCUT2D eigenvalue weighted by molar-refractivity contribution is 0.618. The van der Waals surface area contributed by atoms with E-state index in [1.54, 1.807) is 0 Å². The van der Waals surface area contributed by atoms with Gasteiger partial charge in [-0.1, -0.05) is 0 Å². The smallest absolute Gasteiger partial charge is 0.122 e. The van der Waals surface area contributed by atoms with Gasteiger partial charge in [-0.2, -0.15) is 5.26 Å². The van der Waals surface area contributed by atoms with Crippen LogP contribution in [0.25, 0.3) is 0 Å². The summed E-state index contributed by atoms with van der Waals surface area (Å²) in [6.07, 6.45) is 7.07. The Balaban J connectivity index is 2.21. The normalized spacial score (nSPS) is 19.7. The molecule has 0 aliphatic heterocycles. The van der Waals surface area contributed by atoms with Crippen molar-refractivity contribution in [3.63, 3.8) is 0 Å². The van der Waals surface area contributed by atoms with Gasteiger partial charge in [0, 0.05) is 11.7 Å². The van der Waals surface area contributed by atoms with E-state index in [0.29, 0.717) is 6.04 Å². The zero-order chi connectivity index (χ0) is 10.4. The fraction of sp³-hybridized carbons (Fsp3) is 0.583. The van der Waals surface area contributed by atoms with Crippen LogP contribution in [0, 0.1) is 11.3 Å². The molecule has 1 fully saturated rings. The summed E-state index contributed by atoms with van der Waals surface area (Å²) in [4.78, 5) is 0. The predicted octanol–water partition coefficient (Wildman–Crippen LogP) is 2.16. The van der Waals surface area contributed by atoms with Crippen LogP contribution in [0.15, 0.2) is 0 Å². The Morgan fingerprint density at radius 3 is 2.67 bits per heavy atom. The minimum atomic E-state index is 0.596. The van der Waals surface area contributed by atoms with Gasteiger partial charge in [-0.05, 0) is 44.1 Å². The predicted molar refractivity (Wildman–Crippen MR) is 58.5 cm³/mol. The van der Waals surface area contributed by atoms with Gasteiger partial charge < -0.3 is 10.3 Å². The Morgan fingerprint density at radius 2 is 2.00 bits per heavy atom. The molecule has 0 amide bonds. The molecule has 2 N–H and O–H groups in total. The van der Waals surface area contributed by atoms with Crippen molar-refractivity contribution in [2.75, 3.05) is 5.73 Å². The molecule has 0 radical (unpaired) electrons. The number of nitrogens with zero attached hydrogens (tertiary/aromatic N) is 2. The van der Waals surface area contributed by atoms with Crippen molar-refractivity contribution in [3.8, 4) is 6.07 Å². The average molecular weight is 201 g/mol. The number of nitrogens with two attached hydrogens (primary N) is 1.